The van der Waals surface area contributed by atoms with Crippen LogP contribution in [0.2, 0.25) is 0 Å². The number of aromatic nitrogens is 1. The van der Waals surface area contributed by atoms with E-state index in [0.29, 0.717) is 0 Å². The lowest BCUT2D eigenvalue weighted by atomic mass is 9.91. The van der Waals surface area contributed by atoms with Crippen molar-refractivity contribution in [3.63, 3.8) is 0 Å². The molecule has 0 spiro atoms. The van der Waals surface area contributed by atoms with Gasteiger partial charge < -0.3 is 10.2 Å². The Labute approximate surface area is 210 Å². The molecule has 2 aromatic carbocycles. The van der Waals surface area contributed by atoms with E-state index in [9.17, 15) is 4.79 Å². The van der Waals surface area contributed by atoms with Crippen LogP contribution in [0.3, 0.4) is 0 Å². The smallest absolute Gasteiger partial charge is 0.243 e. The van der Waals surface area contributed by atoms with Gasteiger partial charge in [-0.25, -0.2) is 0 Å². The molecule has 0 bridgehead atoms. The van der Waals surface area contributed by atoms with Gasteiger partial charge in [-0.3, -0.25) is 9.78 Å². The van der Waals surface area contributed by atoms with E-state index in [4.69, 9.17) is 0 Å². The minimum absolute atomic E-state index is 0.0307. The van der Waals surface area contributed by atoms with Crippen LogP contribution in [0.5, 0.6) is 0 Å². The van der Waals surface area contributed by atoms with Crippen LogP contribution in [0.1, 0.15) is 43.2 Å². The first kappa shape index (κ1) is 24.9. The Morgan fingerprint density at radius 2 is 1.71 bits per heavy atom. The number of likely N-dealkylation sites (tertiary alicyclic amines) is 1. The lowest BCUT2D eigenvalue weighted by Gasteiger charge is -2.32. The van der Waals surface area contributed by atoms with Crippen molar-refractivity contribution in [2.75, 3.05) is 26.2 Å². The molecule has 1 aromatic heterocycles. The van der Waals surface area contributed by atoms with Crippen LogP contribution < -0.4 is 5.32 Å². The molecule has 1 saturated heterocycles. The predicted octanol–water partition coefficient (Wildman–Crippen LogP) is 6.00. The predicted molar refractivity (Wildman–Crippen MR) is 145 cm³/mol. The van der Waals surface area contributed by atoms with Crippen molar-refractivity contribution in [2.24, 2.45) is 5.92 Å². The van der Waals surface area contributed by atoms with Gasteiger partial charge in [-0.05, 0) is 79.1 Å². The second-order valence-electron chi connectivity index (χ2n) is 9.50. The van der Waals surface area contributed by atoms with E-state index in [-0.39, 0.29) is 5.91 Å². The zero-order chi connectivity index (χ0) is 24.1. The molecule has 1 N–H and O–H groups in total. The number of benzene rings is 2. The monoisotopic (exact) mass is 467 g/mol. The minimum Gasteiger partial charge on any atom is -0.353 e. The summed E-state index contributed by atoms with van der Waals surface area (Å²) >= 11 is 0. The molecule has 182 valence electrons. The molecule has 35 heavy (non-hydrogen) atoms. The van der Waals surface area contributed by atoms with E-state index in [1.54, 1.807) is 24.5 Å². The van der Waals surface area contributed by atoms with Crippen molar-refractivity contribution >= 4 is 12.0 Å². The molecule has 0 radical (unpaired) electrons. The Hall–Kier alpha value is -3.24. The van der Waals surface area contributed by atoms with Gasteiger partial charge in [0, 0.05) is 31.6 Å². The van der Waals surface area contributed by atoms with Crippen LogP contribution >= 0.6 is 0 Å². The van der Waals surface area contributed by atoms with Gasteiger partial charge in [0.1, 0.15) is 0 Å². The lowest BCUT2D eigenvalue weighted by Crippen LogP contribution is -2.35. The Balaban J connectivity index is 1.06. The van der Waals surface area contributed by atoms with Crippen LogP contribution in [0.25, 0.3) is 17.2 Å². The third kappa shape index (κ3) is 8.48. The molecule has 1 aliphatic heterocycles. The second kappa shape index (κ2) is 13.6. The zero-order valence-electron chi connectivity index (χ0n) is 20.6. The molecule has 0 aliphatic carbocycles. The van der Waals surface area contributed by atoms with Gasteiger partial charge >= 0.3 is 0 Å². The Bertz CT molecular complexity index is 1040. The number of piperidine rings is 1. The standard InChI is InChI=1S/C31H37N3O/c35-31(16-13-28-8-6-20-32-25-28)33-21-5-4-7-26-17-22-34(23-18-26)24-19-27-11-14-30(15-12-27)29-9-2-1-3-10-29/h1-3,6,8-16,20,25-26H,4-5,7,17-19,21-24H2,(H,33,35). The quantitative estimate of drug-likeness (QED) is 0.278. The number of nitrogens with zero attached hydrogens (tertiary/aromatic N) is 2. The van der Waals surface area contributed by atoms with E-state index in [0.717, 1.165) is 37.4 Å². The number of amides is 1. The molecular formula is C31H37N3O. The van der Waals surface area contributed by atoms with Crippen LogP contribution in [-0.4, -0.2) is 42.0 Å². The number of carbonyl (C=O) groups excluding carboxylic acids is 1. The number of unbranched alkanes of at least 4 members (excludes halogenated alkanes) is 1. The molecular weight excluding hydrogens is 430 g/mol. The summed E-state index contributed by atoms with van der Waals surface area (Å²) in [6.45, 7) is 4.32. The van der Waals surface area contributed by atoms with Crippen LogP contribution in [0.15, 0.2) is 85.2 Å². The molecule has 1 fully saturated rings. The van der Waals surface area contributed by atoms with Crippen molar-refractivity contribution in [3.05, 3.63) is 96.3 Å². The molecule has 1 amide bonds. The van der Waals surface area contributed by atoms with E-state index >= 15 is 0 Å². The number of rotatable bonds is 11. The largest absolute Gasteiger partial charge is 0.353 e. The van der Waals surface area contributed by atoms with Gasteiger partial charge in [-0.15, -0.1) is 0 Å². The summed E-state index contributed by atoms with van der Waals surface area (Å²) < 4.78 is 0. The highest BCUT2D eigenvalue weighted by Gasteiger charge is 2.18. The van der Waals surface area contributed by atoms with Gasteiger partial charge in [0.25, 0.3) is 0 Å². The maximum absolute atomic E-state index is 11.9. The third-order valence-corrected chi connectivity index (χ3v) is 6.93. The number of carbonyl (C=O) groups is 1. The highest BCUT2D eigenvalue weighted by Crippen LogP contribution is 2.23. The number of nitrogens with one attached hydrogen (secondary N) is 1. The fraction of sp³-hybridized carbons (Fsp3) is 0.355. The maximum Gasteiger partial charge on any atom is 0.243 e. The normalized spacial score (nSPS) is 14.9. The summed E-state index contributed by atoms with van der Waals surface area (Å²) in [7, 11) is 0. The van der Waals surface area contributed by atoms with Crippen molar-refractivity contribution in [3.8, 4) is 11.1 Å². The molecule has 3 aromatic rings. The minimum atomic E-state index is -0.0307. The maximum atomic E-state index is 11.9. The molecule has 0 atom stereocenters. The first-order valence-corrected chi connectivity index (χ1v) is 13.0. The summed E-state index contributed by atoms with van der Waals surface area (Å²) in [5, 5.41) is 2.99. The van der Waals surface area contributed by atoms with Gasteiger partial charge in [0.05, 0.1) is 0 Å². The lowest BCUT2D eigenvalue weighted by molar-refractivity contribution is -0.116. The molecule has 1 aliphatic rings. The average molecular weight is 468 g/mol. The van der Waals surface area contributed by atoms with Crippen molar-refractivity contribution in [2.45, 2.75) is 38.5 Å². The van der Waals surface area contributed by atoms with Gasteiger partial charge in [0.2, 0.25) is 5.91 Å². The van der Waals surface area contributed by atoms with Crippen molar-refractivity contribution in [1.82, 2.24) is 15.2 Å². The number of hydrogen-bond acceptors (Lipinski definition) is 3. The van der Waals surface area contributed by atoms with Crippen LogP contribution in [-0.2, 0) is 11.2 Å². The van der Waals surface area contributed by atoms with Gasteiger partial charge in [0.15, 0.2) is 0 Å². The number of pyridine rings is 1. The van der Waals surface area contributed by atoms with Crippen LogP contribution in [0.4, 0.5) is 0 Å². The van der Waals surface area contributed by atoms with E-state index < -0.39 is 0 Å². The fourth-order valence-electron chi connectivity index (χ4n) is 4.76. The molecule has 0 unspecified atom stereocenters. The van der Waals surface area contributed by atoms with Gasteiger partial charge in [-0.1, -0.05) is 73.5 Å². The zero-order valence-corrected chi connectivity index (χ0v) is 20.6. The highest BCUT2D eigenvalue weighted by molar-refractivity contribution is 5.91. The van der Waals surface area contributed by atoms with Crippen LogP contribution in [0, 0.1) is 5.92 Å². The second-order valence-corrected chi connectivity index (χ2v) is 9.50. The summed E-state index contributed by atoms with van der Waals surface area (Å²) in [5.41, 5.74) is 4.93. The van der Waals surface area contributed by atoms with Crippen molar-refractivity contribution in [1.29, 1.82) is 0 Å². The topological polar surface area (TPSA) is 45.2 Å². The van der Waals surface area contributed by atoms with Gasteiger partial charge in [-0.2, -0.15) is 0 Å². The molecule has 2 heterocycles. The number of hydrogen-bond donors (Lipinski definition) is 1. The first-order valence-electron chi connectivity index (χ1n) is 13.0. The van der Waals surface area contributed by atoms with E-state index in [1.807, 2.05) is 12.1 Å². The molecule has 4 heteroatoms. The summed E-state index contributed by atoms with van der Waals surface area (Å²) in [6, 6.07) is 23.4. The summed E-state index contributed by atoms with van der Waals surface area (Å²) in [6.07, 6.45) is 14.1. The Morgan fingerprint density at radius 3 is 2.46 bits per heavy atom. The third-order valence-electron chi connectivity index (χ3n) is 6.93. The average Bonchev–Trinajstić information content (AvgIpc) is 2.92. The highest BCUT2D eigenvalue weighted by atomic mass is 16.1. The molecule has 4 nitrogen and oxygen atoms in total. The van der Waals surface area contributed by atoms with E-state index in [2.05, 4.69) is 69.8 Å². The Morgan fingerprint density at radius 1 is 0.943 bits per heavy atom. The van der Waals surface area contributed by atoms with Crippen molar-refractivity contribution < 1.29 is 4.79 Å². The summed E-state index contributed by atoms with van der Waals surface area (Å²) in [5.74, 6) is 0.800. The molecule has 0 saturated carbocycles. The summed E-state index contributed by atoms with van der Waals surface area (Å²) in [4.78, 5) is 18.6. The van der Waals surface area contributed by atoms with E-state index in [1.165, 1.54) is 55.5 Å². The SMILES string of the molecule is O=C(C=Cc1cccnc1)NCCCCC1CCN(CCc2ccc(-c3ccccc3)cc2)CC1. The first-order chi connectivity index (χ1) is 17.3. The molecule has 4 rings (SSSR count). The fourth-order valence-corrected chi connectivity index (χ4v) is 4.76. The Kier molecular flexibility index (Phi) is 9.66.